The van der Waals surface area contributed by atoms with E-state index in [9.17, 15) is 9.18 Å². The lowest BCUT2D eigenvalue weighted by Gasteiger charge is -2.19. The summed E-state index contributed by atoms with van der Waals surface area (Å²) in [5.41, 5.74) is -0.142. The van der Waals surface area contributed by atoms with Crippen LogP contribution in [0.1, 0.15) is 33.0 Å². The van der Waals surface area contributed by atoms with Crippen LogP contribution in [0.5, 0.6) is 0 Å². The number of carbonyl (C=O) groups excluding carboxylic acids is 1. The number of carbonyl (C=O) groups is 1. The fourth-order valence-corrected chi connectivity index (χ4v) is 2.07. The first-order valence-corrected chi connectivity index (χ1v) is 5.58. The summed E-state index contributed by atoms with van der Waals surface area (Å²) in [4.78, 5) is 11.2. The molecule has 3 heteroatoms. The number of Topliss-reactive ketones (excluding diaryl/α,β-unsaturated/α-hetero) is 1. The van der Waals surface area contributed by atoms with Gasteiger partial charge in [0.2, 0.25) is 0 Å². The molecule has 0 spiro atoms. The predicted octanol–water partition coefficient (Wildman–Crippen LogP) is 3.83. The molecule has 0 unspecified atom stereocenters. The zero-order chi connectivity index (χ0) is 12.6. The van der Waals surface area contributed by atoms with Crippen LogP contribution in [0.2, 0.25) is 0 Å². The molecule has 0 saturated carbocycles. The molecule has 0 atom stereocenters. The molecule has 0 saturated heterocycles. The van der Waals surface area contributed by atoms with E-state index >= 15 is 0 Å². The summed E-state index contributed by atoms with van der Waals surface area (Å²) in [5, 5.41) is 0.733. The molecule has 90 valence electrons. The maximum atomic E-state index is 13.5. The van der Waals surface area contributed by atoms with Crippen molar-refractivity contribution in [2.24, 2.45) is 0 Å². The fraction of sp³-hybridized carbons (Fsp3) is 0.357. The van der Waals surface area contributed by atoms with Crippen LogP contribution in [0.4, 0.5) is 4.39 Å². The summed E-state index contributed by atoms with van der Waals surface area (Å²) >= 11 is 0. The van der Waals surface area contributed by atoms with Crippen LogP contribution in [0.3, 0.4) is 0 Å². The van der Waals surface area contributed by atoms with Crippen LogP contribution < -0.4 is 0 Å². The van der Waals surface area contributed by atoms with Crippen LogP contribution in [0, 0.1) is 5.82 Å². The second kappa shape index (κ2) is 3.99. The standard InChI is InChI=1S/C14H15FO2/c1-9(16)8-14(2,3)12-7-10-5-4-6-11(15)13(10)17-12/h4-7H,8H2,1-3H3. The number of halogens is 1. The Balaban J connectivity index is 2.49. The van der Waals surface area contributed by atoms with E-state index in [-0.39, 0.29) is 17.2 Å². The average Bonchev–Trinajstić information content (AvgIpc) is 2.61. The molecule has 1 aromatic carbocycles. The molecule has 0 fully saturated rings. The molecule has 0 aliphatic heterocycles. The highest BCUT2D eigenvalue weighted by atomic mass is 19.1. The van der Waals surface area contributed by atoms with Crippen molar-refractivity contribution in [1.29, 1.82) is 0 Å². The number of fused-ring (bicyclic) bond motifs is 1. The third-order valence-electron chi connectivity index (χ3n) is 2.85. The highest BCUT2D eigenvalue weighted by molar-refractivity contribution is 5.80. The minimum absolute atomic E-state index is 0.0935. The molecule has 0 aliphatic carbocycles. The second-order valence-electron chi connectivity index (χ2n) is 5.03. The molecule has 1 aromatic heterocycles. The Morgan fingerprint density at radius 1 is 1.41 bits per heavy atom. The molecule has 1 heterocycles. The monoisotopic (exact) mass is 234 g/mol. The van der Waals surface area contributed by atoms with E-state index in [1.165, 1.54) is 6.07 Å². The van der Waals surface area contributed by atoms with Crippen molar-refractivity contribution in [3.8, 4) is 0 Å². The Hall–Kier alpha value is -1.64. The van der Waals surface area contributed by atoms with Crippen LogP contribution in [-0.2, 0) is 10.2 Å². The Morgan fingerprint density at radius 2 is 2.12 bits per heavy atom. The largest absolute Gasteiger partial charge is 0.457 e. The summed E-state index contributed by atoms with van der Waals surface area (Å²) in [7, 11) is 0. The smallest absolute Gasteiger partial charge is 0.169 e. The van der Waals surface area contributed by atoms with Crippen LogP contribution in [0.15, 0.2) is 28.7 Å². The maximum Gasteiger partial charge on any atom is 0.169 e. The normalized spacial score (nSPS) is 12.0. The van der Waals surface area contributed by atoms with E-state index in [2.05, 4.69) is 0 Å². The SMILES string of the molecule is CC(=O)CC(C)(C)c1cc2cccc(F)c2o1. The van der Waals surface area contributed by atoms with E-state index in [4.69, 9.17) is 4.42 Å². The first-order chi connectivity index (χ1) is 7.90. The molecular weight excluding hydrogens is 219 g/mol. The van der Waals surface area contributed by atoms with Gasteiger partial charge in [0, 0.05) is 17.2 Å². The van der Waals surface area contributed by atoms with Gasteiger partial charge >= 0.3 is 0 Å². The van der Waals surface area contributed by atoms with Crippen LogP contribution in [0.25, 0.3) is 11.0 Å². The Bertz CT molecular complexity index is 567. The zero-order valence-electron chi connectivity index (χ0n) is 10.2. The Kier molecular flexibility index (Phi) is 2.77. The zero-order valence-corrected chi connectivity index (χ0v) is 10.2. The minimum atomic E-state index is -0.405. The van der Waals surface area contributed by atoms with Crippen molar-refractivity contribution in [1.82, 2.24) is 0 Å². The number of hydrogen-bond donors (Lipinski definition) is 0. The predicted molar refractivity (Wildman–Crippen MR) is 64.5 cm³/mol. The van der Waals surface area contributed by atoms with Crippen molar-refractivity contribution >= 4 is 16.8 Å². The number of benzene rings is 1. The lowest BCUT2D eigenvalue weighted by molar-refractivity contribution is -0.118. The number of furan rings is 1. The first kappa shape index (κ1) is 11.8. The van der Waals surface area contributed by atoms with Crippen molar-refractivity contribution in [2.45, 2.75) is 32.6 Å². The first-order valence-electron chi connectivity index (χ1n) is 5.58. The summed E-state index contributed by atoms with van der Waals surface area (Å²) < 4.78 is 19.0. The van der Waals surface area contributed by atoms with E-state index in [0.717, 1.165) is 5.39 Å². The van der Waals surface area contributed by atoms with Crippen molar-refractivity contribution in [3.63, 3.8) is 0 Å². The van der Waals surface area contributed by atoms with E-state index in [0.29, 0.717) is 12.2 Å². The molecule has 0 N–H and O–H groups in total. The van der Waals surface area contributed by atoms with Gasteiger partial charge in [-0.1, -0.05) is 26.0 Å². The van der Waals surface area contributed by atoms with E-state index < -0.39 is 5.41 Å². The lowest BCUT2D eigenvalue weighted by atomic mass is 9.85. The molecule has 17 heavy (non-hydrogen) atoms. The fourth-order valence-electron chi connectivity index (χ4n) is 2.07. The summed E-state index contributed by atoms with van der Waals surface area (Å²) in [6.45, 7) is 5.39. The van der Waals surface area contributed by atoms with Gasteiger partial charge < -0.3 is 4.42 Å². The van der Waals surface area contributed by atoms with Gasteiger partial charge in [0.25, 0.3) is 0 Å². The summed E-state index contributed by atoms with van der Waals surface area (Å²) in [6.07, 6.45) is 0.383. The Labute approximate surface area is 99.4 Å². The molecule has 0 amide bonds. The molecule has 0 bridgehead atoms. The quantitative estimate of drug-likeness (QED) is 0.807. The molecule has 0 radical (unpaired) electrons. The van der Waals surface area contributed by atoms with Crippen molar-refractivity contribution in [2.75, 3.05) is 0 Å². The van der Waals surface area contributed by atoms with Gasteiger partial charge in [0.05, 0.1) is 0 Å². The highest BCUT2D eigenvalue weighted by Gasteiger charge is 2.27. The summed E-state index contributed by atoms with van der Waals surface area (Å²) in [5.74, 6) is 0.371. The molecular formula is C14H15FO2. The maximum absolute atomic E-state index is 13.5. The van der Waals surface area contributed by atoms with Gasteiger partial charge in [-0.25, -0.2) is 4.39 Å². The van der Waals surface area contributed by atoms with Gasteiger partial charge in [-0.15, -0.1) is 0 Å². The van der Waals surface area contributed by atoms with Crippen LogP contribution in [-0.4, -0.2) is 5.78 Å². The lowest BCUT2D eigenvalue weighted by Crippen LogP contribution is -2.19. The van der Waals surface area contributed by atoms with Gasteiger partial charge in [0.1, 0.15) is 11.5 Å². The molecule has 2 aromatic rings. The number of para-hydroxylation sites is 1. The van der Waals surface area contributed by atoms with Gasteiger partial charge in [0.15, 0.2) is 11.4 Å². The van der Waals surface area contributed by atoms with Gasteiger partial charge in [-0.3, -0.25) is 4.79 Å². The summed E-state index contributed by atoms with van der Waals surface area (Å²) in [6, 6.07) is 6.62. The number of rotatable bonds is 3. The highest BCUT2D eigenvalue weighted by Crippen LogP contribution is 2.33. The van der Waals surface area contributed by atoms with Crippen molar-refractivity contribution < 1.29 is 13.6 Å². The average molecular weight is 234 g/mol. The van der Waals surface area contributed by atoms with Gasteiger partial charge in [-0.05, 0) is 19.1 Å². The third-order valence-corrected chi connectivity index (χ3v) is 2.85. The van der Waals surface area contributed by atoms with E-state index in [1.807, 2.05) is 13.8 Å². The number of ketones is 1. The van der Waals surface area contributed by atoms with E-state index in [1.54, 1.807) is 25.1 Å². The molecule has 2 rings (SSSR count). The second-order valence-corrected chi connectivity index (χ2v) is 5.03. The minimum Gasteiger partial charge on any atom is -0.457 e. The van der Waals surface area contributed by atoms with Crippen LogP contribution >= 0.6 is 0 Å². The third kappa shape index (κ3) is 2.23. The topological polar surface area (TPSA) is 30.2 Å². The van der Waals surface area contributed by atoms with Crippen molar-refractivity contribution in [3.05, 3.63) is 35.8 Å². The number of hydrogen-bond acceptors (Lipinski definition) is 2. The Morgan fingerprint density at radius 3 is 2.71 bits per heavy atom. The molecule has 0 aliphatic rings. The van der Waals surface area contributed by atoms with Gasteiger partial charge in [-0.2, -0.15) is 0 Å². The molecule has 2 nitrogen and oxygen atoms in total.